The molecule has 0 bridgehead atoms. The molecule has 1 atom stereocenters. The van der Waals surface area contributed by atoms with Gasteiger partial charge in [-0.25, -0.2) is 9.37 Å². The number of carbonyl (C=O) groups is 1. The van der Waals surface area contributed by atoms with Crippen LogP contribution in [0.15, 0.2) is 35.3 Å². The summed E-state index contributed by atoms with van der Waals surface area (Å²) in [6, 6.07) is 6.85. The molecule has 1 unspecified atom stereocenters. The van der Waals surface area contributed by atoms with Gasteiger partial charge in [0.05, 0.1) is 6.42 Å². The lowest BCUT2D eigenvalue weighted by Crippen LogP contribution is -2.41. The number of benzene rings is 1. The lowest BCUT2D eigenvalue weighted by Gasteiger charge is -2.33. The third kappa shape index (κ3) is 4.56. The van der Waals surface area contributed by atoms with Gasteiger partial charge in [0, 0.05) is 24.8 Å². The van der Waals surface area contributed by atoms with Gasteiger partial charge in [0.2, 0.25) is 5.91 Å². The Bertz CT molecular complexity index is 834. The van der Waals surface area contributed by atoms with Gasteiger partial charge in [-0.05, 0) is 50.2 Å². The maximum atomic E-state index is 13.8. The summed E-state index contributed by atoms with van der Waals surface area (Å²) in [5.41, 5.74) is 0.876. The van der Waals surface area contributed by atoms with Crippen LogP contribution in [0.4, 0.5) is 4.39 Å². The number of carbonyl (C=O) groups excluding carboxylic acids is 1. The molecule has 138 valence electrons. The topological polar surface area (TPSA) is 66.1 Å². The number of hydrogen-bond donors (Lipinski definition) is 1. The van der Waals surface area contributed by atoms with Crippen molar-refractivity contribution in [3.05, 3.63) is 63.6 Å². The molecular weight excluding hydrogens is 333 g/mol. The van der Waals surface area contributed by atoms with Gasteiger partial charge < -0.3 is 9.88 Å². The van der Waals surface area contributed by atoms with Crippen LogP contribution in [-0.4, -0.2) is 33.9 Å². The Balaban J connectivity index is 1.56. The van der Waals surface area contributed by atoms with Crippen molar-refractivity contribution in [2.75, 3.05) is 13.1 Å². The number of nitrogens with one attached hydrogen (secondary N) is 1. The average Bonchev–Trinajstić information content (AvgIpc) is 2.63. The number of H-pyrrole nitrogens is 1. The van der Waals surface area contributed by atoms with Crippen molar-refractivity contribution in [1.82, 2.24) is 14.9 Å². The van der Waals surface area contributed by atoms with E-state index in [1.807, 2.05) is 17.0 Å². The second-order valence-electron chi connectivity index (χ2n) is 6.98. The van der Waals surface area contributed by atoms with E-state index in [-0.39, 0.29) is 23.7 Å². The summed E-state index contributed by atoms with van der Waals surface area (Å²) in [4.78, 5) is 33.0. The zero-order valence-corrected chi connectivity index (χ0v) is 15.0. The van der Waals surface area contributed by atoms with Gasteiger partial charge in [-0.15, -0.1) is 0 Å². The Hall–Kier alpha value is -2.50. The predicted molar refractivity (Wildman–Crippen MR) is 97.3 cm³/mol. The molecule has 2 heterocycles. The largest absolute Gasteiger partial charge is 0.342 e. The number of amides is 1. The number of aromatic nitrogens is 2. The van der Waals surface area contributed by atoms with Crippen LogP contribution in [0.1, 0.15) is 36.2 Å². The average molecular weight is 357 g/mol. The molecule has 1 aliphatic rings. The summed E-state index contributed by atoms with van der Waals surface area (Å²) in [6.07, 6.45) is 5.08. The van der Waals surface area contributed by atoms with E-state index < -0.39 is 0 Å². The number of piperidine rings is 1. The van der Waals surface area contributed by atoms with Gasteiger partial charge in [-0.3, -0.25) is 9.59 Å². The quantitative estimate of drug-likeness (QED) is 0.895. The minimum Gasteiger partial charge on any atom is -0.342 e. The van der Waals surface area contributed by atoms with E-state index in [0.717, 1.165) is 24.8 Å². The first-order chi connectivity index (χ1) is 12.5. The molecule has 1 aliphatic heterocycles. The summed E-state index contributed by atoms with van der Waals surface area (Å²) in [7, 11) is 0. The second-order valence-corrected chi connectivity index (χ2v) is 6.98. The third-order valence-electron chi connectivity index (χ3n) is 4.99. The first-order valence-electron chi connectivity index (χ1n) is 9.09. The van der Waals surface area contributed by atoms with Crippen molar-refractivity contribution in [2.24, 2.45) is 5.92 Å². The zero-order valence-electron chi connectivity index (χ0n) is 15.0. The van der Waals surface area contributed by atoms with Gasteiger partial charge in [0.25, 0.3) is 5.56 Å². The minimum absolute atomic E-state index is 0.0447. The summed E-state index contributed by atoms with van der Waals surface area (Å²) >= 11 is 0. The zero-order chi connectivity index (χ0) is 18.5. The van der Waals surface area contributed by atoms with Crippen LogP contribution in [-0.2, 0) is 17.6 Å². The molecule has 2 aromatic rings. The van der Waals surface area contributed by atoms with Gasteiger partial charge in [-0.1, -0.05) is 18.2 Å². The molecule has 1 amide bonds. The van der Waals surface area contributed by atoms with Gasteiger partial charge in [-0.2, -0.15) is 0 Å². The van der Waals surface area contributed by atoms with E-state index in [9.17, 15) is 14.0 Å². The summed E-state index contributed by atoms with van der Waals surface area (Å²) in [5.74, 6) is 0.693. The van der Waals surface area contributed by atoms with Crippen molar-refractivity contribution >= 4 is 5.91 Å². The highest BCUT2D eigenvalue weighted by Crippen LogP contribution is 2.22. The maximum absolute atomic E-state index is 13.8. The number of aryl methyl sites for hydroxylation is 2. The number of halogens is 1. The molecule has 0 saturated carbocycles. The molecule has 0 spiro atoms. The Morgan fingerprint density at radius 2 is 2.15 bits per heavy atom. The fraction of sp³-hybridized carbons (Fsp3) is 0.450. The van der Waals surface area contributed by atoms with Crippen LogP contribution in [0.5, 0.6) is 0 Å². The molecule has 1 saturated heterocycles. The van der Waals surface area contributed by atoms with Crippen LogP contribution >= 0.6 is 0 Å². The van der Waals surface area contributed by atoms with Crippen molar-refractivity contribution in [1.29, 1.82) is 0 Å². The Morgan fingerprint density at radius 3 is 2.92 bits per heavy atom. The molecule has 26 heavy (non-hydrogen) atoms. The van der Waals surface area contributed by atoms with Crippen molar-refractivity contribution < 1.29 is 9.18 Å². The van der Waals surface area contributed by atoms with E-state index in [1.165, 1.54) is 12.3 Å². The summed E-state index contributed by atoms with van der Waals surface area (Å²) in [5, 5.41) is 0. The molecule has 6 heteroatoms. The summed E-state index contributed by atoms with van der Waals surface area (Å²) < 4.78 is 13.8. The van der Waals surface area contributed by atoms with Gasteiger partial charge in [0.15, 0.2) is 0 Å². The molecule has 0 aliphatic carbocycles. The van der Waals surface area contributed by atoms with Crippen LogP contribution in [0.25, 0.3) is 0 Å². The standard InChI is InChI=1S/C20H24FN3O2/c1-14-22-12-17(20(26)23-14)11-19(25)24-10-4-5-15(13-24)8-9-16-6-2-3-7-18(16)21/h2-3,6-7,12,15H,4-5,8-11,13H2,1H3,(H,22,23,26). The fourth-order valence-corrected chi connectivity index (χ4v) is 3.50. The highest BCUT2D eigenvalue weighted by molar-refractivity contribution is 5.78. The number of likely N-dealkylation sites (tertiary alicyclic amines) is 1. The van der Waals surface area contributed by atoms with Crippen LogP contribution in [0.3, 0.4) is 0 Å². The van der Waals surface area contributed by atoms with Crippen molar-refractivity contribution in [3.63, 3.8) is 0 Å². The lowest BCUT2D eigenvalue weighted by atomic mass is 9.91. The molecule has 1 fully saturated rings. The Labute approximate surface area is 152 Å². The minimum atomic E-state index is -0.251. The second kappa shape index (κ2) is 8.25. The summed E-state index contributed by atoms with van der Waals surface area (Å²) in [6.45, 7) is 3.09. The molecule has 3 rings (SSSR count). The van der Waals surface area contributed by atoms with Crippen molar-refractivity contribution in [2.45, 2.75) is 39.0 Å². The van der Waals surface area contributed by atoms with E-state index in [0.29, 0.717) is 36.8 Å². The normalized spacial score (nSPS) is 17.3. The first-order valence-corrected chi connectivity index (χ1v) is 9.09. The van der Waals surface area contributed by atoms with Gasteiger partial charge in [0.1, 0.15) is 11.6 Å². The third-order valence-corrected chi connectivity index (χ3v) is 4.99. The van der Waals surface area contributed by atoms with Crippen LogP contribution < -0.4 is 5.56 Å². The number of hydrogen-bond acceptors (Lipinski definition) is 3. The Kier molecular flexibility index (Phi) is 5.81. The number of rotatable bonds is 5. The number of aromatic amines is 1. The molecule has 1 aromatic carbocycles. The molecule has 0 radical (unpaired) electrons. The highest BCUT2D eigenvalue weighted by Gasteiger charge is 2.24. The van der Waals surface area contributed by atoms with E-state index in [2.05, 4.69) is 9.97 Å². The first kappa shape index (κ1) is 18.3. The van der Waals surface area contributed by atoms with E-state index in [1.54, 1.807) is 13.0 Å². The molecule has 1 N–H and O–H groups in total. The fourth-order valence-electron chi connectivity index (χ4n) is 3.50. The molecular formula is C20H24FN3O2. The SMILES string of the molecule is Cc1ncc(CC(=O)N2CCCC(CCc3ccccc3F)C2)c(=O)[nH]1. The Morgan fingerprint density at radius 1 is 1.35 bits per heavy atom. The lowest BCUT2D eigenvalue weighted by molar-refractivity contribution is -0.132. The van der Waals surface area contributed by atoms with E-state index in [4.69, 9.17) is 0 Å². The van der Waals surface area contributed by atoms with Crippen LogP contribution in [0.2, 0.25) is 0 Å². The number of nitrogens with zero attached hydrogens (tertiary/aromatic N) is 2. The van der Waals surface area contributed by atoms with Crippen molar-refractivity contribution in [3.8, 4) is 0 Å². The molecule has 1 aromatic heterocycles. The van der Waals surface area contributed by atoms with E-state index >= 15 is 0 Å². The van der Waals surface area contributed by atoms with Crippen LogP contribution in [0, 0.1) is 18.7 Å². The highest BCUT2D eigenvalue weighted by atomic mass is 19.1. The maximum Gasteiger partial charge on any atom is 0.254 e. The van der Waals surface area contributed by atoms with Gasteiger partial charge >= 0.3 is 0 Å². The molecule has 5 nitrogen and oxygen atoms in total. The monoisotopic (exact) mass is 357 g/mol. The smallest absolute Gasteiger partial charge is 0.254 e. The predicted octanol–water partition coefficient (Wildman–Crippen LogP) is 2.63.